The van der Waals surface area contributed by atoms with E-state index >= 15 is 0 Å². The molecule has 112 valence electrons. The van der Waals surface area contributed by atoms with Crippen molar-refractivity contribution in [1.29, 1.82) is 0 Å². The molecule has 0 aliphatic carbocycles. The maximum atomic E-state index is 6.39. The summed E-state index contributed by atoms with van der Waals surface area (Å²) < 4.78 is 5.80. The Morgan fingerprint density at radius 1 is 1.05 bits per heavy atom. The molecule has 2 nitrogen and oxygen atoms in total. The van der Waals surface area contributed by atoms with Gasteiger partial charge in [-0.25, -0.2) is 0 Å². The van der Waals surface area contributed by atoms with Gasteiger partial charge in [-0.1, -0.05) is 49.4 Å². The van der Waals surface area contributed by atoms with Gasteiger partial charge in [0, 0.05) is 11.6 Å². The molecule has 0 aliphatic heterocycles. The van der Waals surface area contributed by atoms with Crippen molar-refractivity contribution in [3.8, 4) is 5.75 Å². The predicted octanol–water partition coefficient (Wildman–Crippen LogP) is 4.42. The molecule has 0 heterocycles. The van der Waals surface area contributed by atoms with Crippen LogP contribution in [0.3, 0.4) is 0 Å². The lowest BCUT2D eigenvalue weighted by Crippen LogP contribution is -2.13. The molecular weight excluding hydrogens is 258 g/mol. The van der Waals surface area contributed by atoms with Crippen molar-refractivity contribution in [2.24, 2.45) is 5.73 Å². The second-order valence-electron chi connectivity index (χ2n) is 5.46. The highest BCUT2D eigenvalue weighted by molar-refractivity contribution is 5.36. The van der Waals surface area contributed by atoms with Gasteiger partial charge in [0.2, 0.25) is 0 Å². The largest absolute Gasteiger partial charge is 0.493 e. The molecule has 0 aromatic heterocycles. The molecule has 0 radical (unpaired) electrons. The van der Waals surface area contributed by atoms with E-state index in [2.05, 4.69) is 44.2 Å². The minimum Gasteiger partial charge on any atom is -0.493 e. The molecular formula is C19H25NO. The minimum atomic E-state index is 0.0117. The fraction of sp³-hybridized carbons (Fsp3) is 0.368. The molecule has 0 bridgehead atoms. The van der Waals surface area contributed by atoms with E-state index in [0.717, 1.165) is 37.2 Å². The fourth-order valence-electron chi connectivity index (χ4n) is 2.49. The number of hydrogen-bond acceptors (Lipinski definition) is 2. The van der Waals surface area contributed by atoms with Crippen LogP contribution in [-0.4, -0.2) is 6.61 Å². The Morgan fingerprint density at radius 3 is 2.52 bits per heavy atom. The van der Waals surface area contributed by atoms with Gasteiger partial charge in [-0.2, -0.15) is 0 Å². The summed E-state index contributed by atoms with van der Waals surface area (Å²) in [4.78, 5) is 0. The quantitative estimate of drug-likeness (QED) is 0.816. The number of hydrogen-bond donors (Lipinski definition) is 1. The van der Waals surface area contributed by atoms with Gasteiger partial charge in [0.1, 0.15) is 5.75 Å². The first-order valence-corrected chi connectivity index (χ1v) is 7.74. The van der Waals surface area contributed by atoms with Gasteiger partial charge in [0.05, 0.1) is 6.61 Å². The van der Waals surface area contributed by atoms with Gasteiger partial charge in [0.25, 0.3) is 0 Å². The Kier molecular flexibility index (Phi) is 5.82. The maximum Gasteiger partial charge on any atom is 0.124 e. The summed E-state index contributed by atoms with van der Waals surface area (Å²) in [6.07, 6.45) is 2.93. The summed E-state index contributed by atoms with van der Waals surface area (Å²) in [6.45, 7) is 5.00. The van der Waals surface area contributed by atoms with Gasteiger partial charge < -0.3 is 10.5 Å². The van der Waals surface area contributed by atoms with E-state index in [4.69, 9.17) is 10.5 Å². The van der Waals surface area contributed by atoms with Crippen LogP contribution in [0, 0.1) is 6.92 Å². The van der Waals surface area contributed by atoms with Crippen molar-refractivity contribution in [3.63, 3.8) is 0 Å². The van der Waals surface area contributed by atoms with Crippen LogP contribution in [0.2, 0.25) is 0 Å². The Balaban J connectivity index is 2.03. The van der Waals surface area contributed by atoms with Crippen LogP contribution in [0.4, 0.5) is 0 Å². The van der Waals surface area contributed by atoms with Gasteiger partial charge >= 0.3 is 0 Å². The standard InChI is InChI=1S/C19H25NO/c1-3-14-21-19-11-7-6-10-17(19)18(20)13-12-16-9-5-4-8-15(16)2/h4-11,18H,3,12-14,20H2,1-2H3. The third-order valence-electron chi connectivity index (χ3n) is 3.77. The van der Waals surface area contributed by atoms with Crippen molar-refractivity contribution in [2.75, 3.05) is 6.61 Å². The number of nitrogens with two attached hydrogens (primary N) is 1. The zero-order valence-corrected chi connectivity index (χ0v) is 13.0. The Morgan fingerprint density at radius 2 is 1.76 bits per heavy atom. The molecule has 0 saturated carbocycles. The average molecular weight is 283 g/mol. The average Bonchev–Trinajstić information content (AvgIpc) is 2.52. The van der Waals surface area contributed by atoms with Crippen molar-refractivity contribution < 1.29 is 4.74 Å². The van der Waals surface area contributed by atoms with Gasteiger partial charge in [-0.15, -0.1) is 0 Å². The van der Waals surface area contributed by atoms with E-state index in [1.165, 1.54) is 11.1 Å². The first-order chi connectivity index (χ1) is 10.2. The Labute approximate surface area is 127 Å². The van der Waals surface area contributed by atoms with Crippen LogP contribution in [0.15, 0.2) is 48.5 Å². The number of ether oxygens (including phenoxy) is 1. The molecule has 0 amide bonds. The molecule has 0 spiro atoms. The van der Waals surface area contributed by atoms with Crippen molar-refractivity contribution in [2.45, 2.75) is 39.2 Å². The normalized spacial score (nSPS) is 12.1. The summed E-state index contributed by atoms with van der Waals surface area (Å²) in [7, 11) is 0. The van der Waals surface area contributed by atoms with E-state index in [1.54, 1.807) is 0 Å². The minimum absolute atomic E-state index is 0.0117. The van der Waals surface area contributed by atoms with E-state index in [1.807, 2.05) is 18.2 Å². The molecule has 21 heavy (non-hydrogen) atoms. The molecule has 0 aliphatic rings. The van der Waals surface area contributed by atoms with Crippen molar-refractivity contribution in [1.82, 2.24) is 0 Å². The molecule has 2 aromatic carbocycles. The SMILES string of the molecule is CCCOc1ccccc1C(N)CCc1ccccc1C. The van der Waals surface area contributed by atoms with Gasteiger partial charge in [-0.05, 0) is 43.4 Å². The molecule has 0 fully saturated rings. The molecule has 1 atom stereocenters. The van der Waals surface area contributed by atoms with Gasteiger partial charge in [-0.3, -0.25) is 0 Å². The summed E-state index contributed by atoms with van der Waals surface area (Å²) in [6, 6.07) is 16.6. The Bertz CT molecular complexity index is 565. The summed E-state index contributed by atoms with van der Waals surface area (Å²) in [5.41, 5.74) is 10.2. The lowest BCUT2D eigenvalue weighted by Gasteiger charge is -2.17. The van der Waals surface area contributed by atoms with Crippen molar-refractivity contribution >= 4 is 0 Å². The zero-order valence-electron chi connectivity index (χ0n) is 13.0. The third-order valence-corrected chi connectivity index (χ3v) is 3.77. The monoisotopic (exact) mass is 283 g/mol. The number of benzene rings is 2. The van der Waals surface area contributed by atoms with Crippen LogP contribution in [-0.2, 0) is 6.42 Å². The highest BCUT2D eigenvalue weighted by Crippen LogP contribution is 2.27. The number of rotatable bonds is 7. The first kappa shape index (κ1) is 15.6. The molecule has 2 N–H and O–H groups in total. The lowest BCUT2D eigenvalue weighted by atomic mass is 9.97. The zero-order chi connectivity index (χ0) is 15.1. The predicted molar refractivity (Wildman–Crippen MR) is 88.7 cm³/mol. The van der Waals surface area contributed by atoms with Crippen LogP contribution in [0.5, 0.6) is 5.75 Å². The Hall–Kier alpha value is -1.80. The van der Waals surface area contributed by atoms with E-state index < -0.39 is 0 Å². The highest BCUT2D eigenvalue weighted by Gasteiger charge is 2.12. The second-order valence-corrected chi connectivity index (χ2v) is 5.46. The number of aryl methyl sites for hydroxylation is 2. The number of para-hydroxylation sites is 1. The highest BCUT2D eigenvalue weighted by atomic mass is 16.5. The molecule has 2 heteroatoms. The molecule has 2 rings (SSSR count). The van der Waals surface area contributed by atoms with Crippen LogP contribution in [0.1, 0.15) is 42.5 Å². The lowest BCUT2D eigenvalue weighted by molar-refractivity contribution is 0.311. The van der Waals surface area contributed by atoms with E-state index in [0.29, 0.717) is 0 Å². The van der Waals surface area contributed by atoms with E-state index in [-0.39, 0.29) is 6.04 Å². The first-order valence-electron chi connectivity index (χ1n) is 7.74. The summed E-state index contributed by atoms with van der Waals surface area (Å²) in [5, 5.41) is 0. The fourth-order valence-corrected chi connectivity index (χ4v) is 2.49. The van der Waals surface area contributed by atoms with Gasteiger partial charge in [0.15, 0.2) is 0 Å². The van der Waals surface area contributed by atoms with E-state index in [9.17, 15) is 0 Å². The molecule has 0 saturated heterocycles. The third kappa shape index (κ3) is 4.33. The van der Waals surface area contributed by atoms with Crippen molar-refractivity contribution in [3.05, 3.63) is 65.2 Å². The second kappa shape index (κ2) is 7.84. The molecule has 1 unspecified atom stereocenters. The summed E-state index contributed by atoms with van der Waals surface area (Å²) >= 11 is 0. The van der Waals surface area contributed by atoms with Crippen LogP contribution in [0.25, 0.3) is 0 Å². The van der Waals surface area contributed by atoms with Crippen LogP contribution < -0.4 is 10.5 Å². The summed E-state index contributed by atoms with van der Waals surface area (Å²) in [5.74, 6) is 0.927. The maximum absolute atomic E-state index is 6.39. The van der Waals surface area contributed by atoms with Crippen LogP contribution >= 0.6 is 0 Å². The topological polar surface area (TPSA) is 35.2 Å². The molecule has 2 aromatic rings. The smallest absolute Gasteiger partial charge is 0.124 e.